The van der Waals surface area contributed by atoms with Gasteiger partial charge in [0, 0.05) is 19.0 Å². The first-order valence-electron chi connectivity index (χ1n) is 9.20. The number of H-pyrrole nitrogens is 1. The molecule has 1 amide bonds. The number of nitrogens with one attached hydrogen (secondary N) is 1. The van der Waals surface area contributed by atoms with Crippen LogP contribution in [0.2, 0.25) is 10.0 Å². The van der Waals surface area contributed by atoms with Crippen molar-refractivity contribution in [3.8, 4) is 0 Å². The van der Waals surface area contributed by atoms with E-state index in [2.05, 4.69) is 15.2 Å². The number of amides is 1. The zero-order valence-corrected chi connectivity index (χ0v) is 16.1. The van der Waals surface area contributed by atoms with Gasteiger partial charge in [-0.05, 0) is 43.4 Å². The Balaban J connectivity index is 1.62. The van der Waals surface area contributed by atoms with E-state index < -0.39 is 5.41 Å². The average molecular weight is 393 g/mol. The minimum atomic E-state index is -0.475. The summed E-state index contributed by atoms with van der Waals surface area (Å²) in [5.74, 6) is 1.32. The van der Waals surface area contributed by atoms with E-state index in [0.29, 0.717) is 16.6 Å². The van der Waals surface area contributed by atoms with E-state index in [1.165, 1.54) is 6.33 Å². The number of halogens is 2. The van der Waals surface area contributed by atoms with Crippen LogP contribution >= 0.6 is 23.2 Å². The number of rotatable bonds is 3. The first-order valence-corrected chi connectivity index (χ1v) is 9.96. The molecule has 2 heterocycles. The second-order valence-corrected chi connectivity index (χ2v) is 8.19. The van der Waals surface area contributed by atoms with Gasteiger partial charge < -0.3 is 4.90 Å². The topological polar surface area (TPSA) is 61.9 Å². The smallest absolute Gasteiger partial charge is 0.233 e. The van der Waals surface area contributed by atoms with E-state index in [1.54, 1.807) is 6.07 Å². The molecule has 5 nitrogen and oxygen atoms in total. The highest BCUT2D eigenvalue weighted by atomic mass is 35.5. The number of aromatic nitrogens is 3. The maximum atomic E-state index is 13.6. The number of piperidine rings is 1. The Morgan fingerprint density at radius 2 is 2.00 bits per heavy atom. The first kappa shape index (κ1) is 17.8. The molecule has 4 rings (SSSR count). The van der Waals surface area contributed by atoms with Crippen molar-refractivity contribution >= 4 is 29.1 Å². The molecule has 7 heteroatoms. The van der Waals surface area contributed by atoms with Crippen molar-refractivity contribution in [2.75, 3.05) is 13.1 Å². The van der Waals surface area contributed by atoms with Gasteiger partial charge in [-0.2, -0.15) is 5.10 Å². The number of carbonyl (C=O) groups excluding carboxylic acids is 1. The lowest BCUT2D eigenvalue weighted by molar-refractivity contribution is -0.138. The predicted molar refractivity (Wildman–Crippen MR) is 102 cm³/mol. The summed E-state index contributed by atoms with van der Waals surface area (Å²) in [4.78, 5) is 19.9. The van der Waals surface area contributed by atoms with Gasteiger partial charge in [0.15, 0.2) is 0 Å². The number of nitrogens with zero attached hydrogens (tertiary/aromatic N) is 3. The van der Waals surface area contributed by atoms with E-state index in [1.807, 2.05) is 17.0 Å². The van der Waals surface area contributed by atoms with Crippen LogP contribution in [0.15, 0.2) is 24.5 Å². The van der Waals surface area contributed by atoms with Crippen molar-refractivity contribution in [3.63, 3.8) is 0 Å². The van der Waals surface area contributed by atoms with Crippen LogP contribution in [0, 0.1) is 0 Å². The largest absolute Gasteiger partial charge is 0.341 e. The SMILES string of the molecule is O=C(N1CCCC(c2ncn[nH]2)C1)C1(c2ccc(Cl)c(Cl)c2)CCCC1. The molecule has 0 spiro atoms. The molecule has 1 saturated heterocycles. The van der Waals surface area contributed by atoms with E-state index in [-0.39, 0.29) is 11.8 Å². The van der Waals surface area contributed by atoms with Crippen molar-refractivity contribution in [3.05, 3.63) is 46.0 Å². The second-order valence-electron chi connectivity index (χ2n) is 7.38. The fraction of sp³-hybridized carbons (Fsp3) is 0.526. The van der Waals surface area contributed by atoms with Crippen molar-refractivity contribution in [2.24, 2.45) is 0 Å². The van der Waals surface area contributed by atoms with Gasteiger partial charge in [0.25, 0.3) is 0 Å². The highest BCUT2D eigenvalue weighted by Gasteiger charge is 2.46. The number of aromatic amines is 1. The van der Waals surface area contributed by atoms with Crippen LogP contribution in [-0.2, 0) is 10.2 Å². The lowest BCUT2D eigenvalue weighted by Crippen LogP contribution is -2.49. The number of hydrogen-bond acceptors (Lipinski definition) is 3. The molecule has 2 fully saturated rings. The molecule has 1 aromatic heterocycles. The molecule has 138 valence electrons. The van der Waals surface area contributed by atoms with Crippen molar-refractivity contribution in [2.45, 2.75) is 49.9 Å². The van der Waals surface area contributed by atoms with Gasteiger partial charge in [-0.25, -0.2) is 4.98 Å². The molecule has 1 N–H and O–H groups in total. The number of likely N-dealkylation sites (tertiary alicyclic amines) is 1. The number of benzene rings is 1. The maximum absolute atomic E-state index is 13.6. The highest BCUT2D eigenvalue weighted by molar-refractivity contribution is 6.42. The molecule has 1 unspecified atom stereocenters. The fourth-order valence-electron chi connectivity index (χ4n) is 4.50. The summed E-state index contributed by atoms with van der Waals surface area (Å²) in [6.07, 6.45) is 7.40. The molecule has 0 radical (unpaired) electrons. The summed E-state index contributed by atoms with van der Waals surface area (Å²) in [5.41, 5.74) is 0.522. The van der Waals surface area contributed by atoms with Gasteiger partial charge in [-0.1, -0.05) is 42.1 Å². The molecule has 1 saturated carbocycles. The Morgan fingerprint density at radius 1 is 1.19 bits per heavy atom. The Hall–Kier alpha value is -1.59. The third-order valence-electron chi connectivity index (χ3n) is 5.87. The van der Waals surface area contributed by atoms with Crippen LogP contribution < -0.4 is 0 Å². The third kappa shape index (κ3) is 3.12. The van der Waals surface area contributed by atoms with E-state index in [0.717, 1.165) is 56.5 Å². The van der Waals surface area contributed by atoms with Crippen molar-refractivity contribution < 1.29 is 4.79 Å². The molecular formula is C19H22Cl2N4O. The lowest BCUT2D eigenvalue weighted by atomic mass is 9.77. The van der Waals surface area contributed by atoms with Gasteiger partial charge in [-0.3, -0.25) is 9.89 Å². The van der Waals surface area contributed by atoms with Crippen LogP contribution in [0.4, 0.5) is 0 Å². The quantitative estimate of drug-likeness (QED) is 0.845. The highest BCUT2D eigenvalue weighted by Crippen LogP contribution is 2.44. The molecule has 1 atom stereocenters. The minimum absolute atomic E-state index is 0.220. The van der Waals surface area contributed by atoms with Crippen molar-refractivity contribution in [1.29, 1.82) is 0 Å². The fourth-order valence-corrected chi connectivity index (χ4v) is 4.80. The summed E-state index contributed by atoms with van der Waals surface area (Å²) < 4.78 is 0. The summed E-state index contributed by atoms with van der Waals surface area (Å²) in [6, 6.07) is 5.65. The van der Waals surface area contributed by atoms with Crippen LogP contribution in [0.5, 0.6) is 0 Å². The number of hydrogen-bond donors (Lipinski definition) is 1. The van der Waals surface area contributed by atoms with Crippen LogP contribution in [-0.4, -0.2) is 39.1 Å². The molecule has 1 aromatic carbocycles. The Kier molecular flexibility index (Phi) is 4.93. The van der Waals surface area contributed by atoms with Gasteiger partial charge in [0.2, 0.25) is 5.91 Å². The van der Waals surface area contributed by atoms with Gasteiger partial charge in [0.05, 0.1) is 15.5 Å². The van der Waals surface area contributed by atoms with Crippen LogP contribution in [0.3, 0.4) is 0 Å². The standard InChI is InChI=1S/C19H22Cl2N4O/c20-15-6-5-14(10-16(15)21)19(7-1-2-8-19)18(26)25-9-3-4-13(11-25)17-22-12-23-24-17/h5-6,10,12-13H,1-4,7-9,11H2,(H,22,23,24). The summed E-state index contributed by atoms with van der Waals surface area (Å²) >= 11 is 12.4. The predicted octanol–water partition coefficient (Wildman–Crippen LogP) is 4.33. The van der Waals surface area contributed by atoms with Crippen LogP contribution in [0.25, 0.3) is 0 Å². The van der Waals surface area contributed by atoms with Crippen LogP contribution in [0.1, 0.15) is 55.8 Å². The second kappa shape index (κ2) is 7.20. The average Bonchev–Trinajstić information content (AvgIpc) is 3.36. The molecule has 26 heavy (non-hydrogen) atoms. The summed E-state index contributed by atoms with van der Waals surface area (Å²) in [5, 5.41) is 7.96. The Bertz CT molecular complexity index is 787. The Labute approximate surface area is 163 Å². The molecule has 2 aromatic rings. The van der Waals surface area contributed by atoms with E-state index >= 15 is 0 Å². The third-order valence-corrected chi connectivity index (χ3v) is 6.61. The maximum Gasteiger partial charge on any atom is 0.233 e. The zero-order chi connectivity index (χ0) is 18.1. The zero-order valence-electron chi connectivity index (χ0n) is 14.5. The van der Waals surface area contributed by atoms with E-state index in [4.69, 9.17) is 23.2 Å². The Morgan fingerprint density at radius 3 is 2.69 bits per heavy atom. The normalized spacial score (nSPS) is 22.5. The summed E-state index contributed by atoms with van der Waals surface area (Å²) in [6.45, 7) is 1.49. The molecule has 0 bridgehead atoms. The van der Waals surface area contributed by atoms with Gasteiger partial charge in [0.1, 0.15) is 12.2 Å². The minimum Gasteiger partial charge on any atom is -0.341 e. The molecule has 1 aliphatic heterocycles. The number of carbonyl (C=O) groups is 1. The van der Waals surface area contributed by atoms with Gasteiger partial charge >= 0.3 is 0 Å². The van der Waals surface area contributed by atoms with Gasteiger partial charge in [-0.15, -0.1) is 0 Å². The molecular weight excluding hydrogens is 371 g/mol. The molecule has 2 aliphatic rings. The molecule has 1 aliphatic carbocycles. The lowest BCUT2D eigenvalue weighted by Gasteiger charge is -2.39. The van der Waals surface area contributed by atoms with Crippen molar-refractivity contribution in [1.82, 2.24) is 20.1 Å². The monoisotopic (exact) mass is 392 g/mol. The first-order chi connectivity index (χ1) is 12.6. The summed E-state index contributed by atoms with van der Waals surface area (Å²) in [7, 11) is 0. The van der Waals surface area contributed by atoms with E-state index in [9.17, 15) is 4.79 Å².